The van der Waals surface area contributed by atoms with E-state index in [2.05, 4.69) is 15.6 Å². The number of nitrogens with one attached hydrogen (secondary N) is 2. The molecular weight excluding hydrogens is 458 g/mol. The number of benzene rings is 1. The Bertz CT molecular complexity index is 924. The van der Waals surface area contributed by atoms with Gasteiger partial charge in [-0.1, -0.05) is 50.7 Å². The molecule has 0 spiro atoms. The summed E-state index contributed by atoms with van der Waals surface area (Å²) in [4.78, 5) is 41.9. The Kier molecular flexibility index (Phi) is 10.1. The van der Waals surface area contributed by atoms with E-state index in [-0.39, 0.29) is 35.6 Å². The number of hydrogen-bond acceptors (Lipinski definition) is 5. The van der Waals surface area contributed by atoms with Crippen LogP contribution in [0.4, 0.5) is 5.69 Å². The van der Waals surface area contributed by atoms with Crippen LogP contribution in [0.15, 0.2) is 29.3 Å². The van der Waals surface area contributed by atoms with Crippen molar-refractivity contribution in [2.75, 3.05) is 0 Å². The van der Waals surface area contributed by atoms with Crippen molar-refractivity contribution in [2.45, 2.75) is 88.8 Å². The Labute approximate surface area is 213 Å². The summed E-state index contributed by atoms with van der Waals surface area (Å²) in [6.45, 7) is 0. The molecule has 0 saturated heterocycles. The van der Waals surface area contributed by atoms with E-state index in [0.717, 1.165) is 50.5 Å². The van der Waals surface area contributed by atoms with Gasteiger partial charge in [0.1, 0.15) is 6.04 Å². The van der Waals surface area contributed by atoms with Gasteiger partial charge in [-0.05, 0) is 55.7 Å². The van der Waals surface area contributed by atoms with E-state index in [4.69, 9.17) is 22.9 Å². The van der Waals surface area contributed by atoms with Crippen molar-refractivity contribution >= 4 is 29.4 Å². The molecule has 0 unspecified atom stereocenters. The molecular formula is C26H41N7O3. The summed E-state index contributed by atoms with van der Waals surface area (Å²) in [5.74, 6) is -0.755. The average molecular weight is 500 g/mol. The molecule has 2 aliphatic carbocycles. The molecule has 3 rings (SSSR count). The Hall–Kier alpha value is -3.14. The number of amides is 3. The first-order valence-corrected chi connectivity index (χ1v) is 13.1. The maximum absolute atomic E-state index is 13.3. The lowest BCUT2D eigenvalue weighted by atomic mass is 9.83. The van der Waals surface area contributed by atoms with E-state index in [0.29, 0.717) is 30.9 Å². The second-order valence-corrected chi connectivity index (χ2v) is 10.3. The van der Waals surface area contributed by atoms with Crippen LogP contribution in [0.1, 0.15) is 69.8 Å². The van der Waals surface area contributed by atoms with E-state index in [9.17, 15) is 14.4 Å². The maximum Gasteiger partial charge on any atom is 0.242 e. The van der Waals surface area contributed by atoms with E-state index in [1.54, 1.807) is 12.1 Å². The number of carbonyl (C=O) groups is 3. The predicted molar refractivity (Wildman–Crippen MR) is 140 cm³/mol. The number of guanidine groups is 1. The Morgan fingerprint density at radius 3 is 2.25 bits per heavy atom. The molecule has 0 radical (unpaired) electrons. The lowest BCUT2D eigenvalue weighted by Gasteiger charge is -2.31. The fraction of sp³-hybridized carbons (Fsp3) is 0.615. The lowest BCUT2D eigenvalue weighted by molar-refractivity contribution is -0.131. The first kappa shape index (κ1) is 27.4. The largest absolute Gasteiger partial charge is 0.370 e. The zero-order valence-corrected chi connectivity index (χ0v) is 21.0. The first-order chi connectivity index (χ1) is 17.2. The molecule has 36 heavy (non-hydrogen) atoms. The molecule has 198 valence electrons. The van der Waals surface area contributed by atoms with Gasteiger partial charge in [-0.25, -0.2) is 4.99 Å². The highest BCUT2D eigenvalue weighted by Crippen LogP contribution is 2.28. The highest BCUT2D eigenvalue weighted by Gasteiger charge is 2.31. The van der Waals surface area contributed by atoms with Gasteiger partial charge in [0.25, 0.3) is 0 Å². The molecule has 3 amide bonds. The number of rotatable bonds is 10. The van der Waals surface area contributed by atoms with Crippen LogP contribution in [0.5, 0.6) is 0 Å². The van der Waals surface area contributed by atoms with Crippen LogP contribution in [-0.4, -0.2) is 41.8 Å². The fourth-order valence-electron chi connectivity index (χ4n) is 5.35. The van der Waals surface area contributed by atoms with E-state index in [1.165, 1.54) is 6.42 Å². The van der Waals surface area contributed by atoms with Gasteiger partial charge in [0.2, 0.25) is 17.7 Å². The van der Waals surface area contributed by atoms with Crippen LogP contribution in [0.25, 0.3) is 0 Å². The molecule has 2 aliphatic rings. The summed E-state index contributed by atoms with van der Waals surface area (Å²) in [5.41, 5.74) is 24.0. The quantitative estimate of drug-likeness (QED) is 0.206. The summed E-state index contributed by atoms with van der Waals surface area (Å²) >= 11 is 0. The number of nitrogens with zero attached hydrogens (tertiary/aromatic N) is 1. The standard InChI is InChI=1S/C26H41N7O3/c27-21(13-17-9-11-19(12-10-17)32-26(29)30)24(35)33-22(14-16-5-2-1-3-6-16)25(36)31-20-8-4-7-18(15-20)23(28)34/h9-12,16,18,20-22H,1-8,13-15,27H2,(H2,28,34)(H,31,36)(H,33,35)(H4,29,30,32)/t18-,20+,21-,22-/m0/s1. The second-order valence-electron chi connectivity index (χ2n) is 10.3. The third-order valence-electron chi connectivity index (χ3n) is 7.34. The van der Waals surface area contributed by atoms with Crippen molar-refractivity contribution in [3.8, 4) is 0 Å². The van der Waals surface area contributed by atoms with Crippen LogP contribution < -0.4 is 33.6 Å². The molecule has 1 aromatic carbocycles. The Morgan fingerprint density at radius 1 is 0.917 bits per heavy atom. The third-order valence-corrected chi connectivity index (χ3v) is 7.34. The molecule has 1 aromatic rings. The number of aliphatic imine (C=N–C) groups is 1. The maximum atomic E-state index is 13.3. The Balaban J connectivity index is 1.62. The van der Waals surface area contributed by atoms with Gasteiger partial charge < -0.3 is 33.6 Å². The molecule has 2 saturated carbocycles. The minimum atomic E-state index is -0.811. The summed E-state index contributed by atoms with van der Waals surface area (Å²) in [7, 11) is 0. The van der Waals surface area contributed by atoms with Gasteiger partial charge in [0.05, 0.1) is 11.7 Å². The van der Waals surface area contributed by atoms with Gasteiger partial charge in [-0.2, -0.15) is 0 Å². The zero-order chi connectivity index (χ0) is 26.1. The normalized spacial score (nSPS) is 22.1. The third kappa shape index (κ3) is 8.51. The van der Waals surface area contributed by atoms with Gasteiger partial charge in [-0.15, -0.1) is 0 Å². The molecule has 10 heteroatoms. The minimum absolute atomic E-state index is 0.0283. The van der Waals surface area contributed by atoms with Crippen molar-refractivity contribution in [1.29, 1.82) is 0 Å². The van der Waals surface area contributed by atoms with Gasteiger partial charge in [0.15, 0.2) is 5.96 Å². The van der Waals surface area contributed by atoms with Gasteiger partial charge in [-0.3, -0.25) is 14.4 Å². The summed E-state index contributed by atoms with van der Waals surface area (Å²) < 4.78 is 0. The zero-order valence-electron chi connectivity index (χ0n) is 21.0. The molecule has 10 N–H and O–H groups in total. The summed E-state index contributed by atoms with van der Waals surface area (Å²) in [6, 6.07) is 5.55. The van der Waals surface area contributed by atoms with Crippen LogP contribution in [-0.2, 0) is 20.8 Å². The van der Waals surface area contributed by atoms with Crippen molar-refractivity contribution in [2.24, 2.45) is 39.8 Å². The SMILES string of the molecule is NC(=O)[C@H]1CCC[C@@H](NC(=O)[C@H](CC2CCCCC2)NC(=O)[C@@H](N)Cc2ccc(N=C(N)N)cc2)C1. The fourth-order valence-corrected chi connectivity index (χ4v) is 5.35. The molecule has 10 nitrogen and oxygen atoms in total. The van der Waals surface area contributed by atoms with Crippen LogP contribution >= 0.6 is 0 Å². The van der Waals surface area contributed by atoms with Crippen molar-refractivity contribution in [3.05, 3.63) is 29.8 Å². The van der Waals surface area contributed by atoms with Crippen molar-refractivity contribution in [1.82, 2.24) is 10.6 Å². The molecule has 4 atom stereocenters. The summed E-state index contributed by atoms with van der Waals surface area (Å²) in [5, 5.41) is 6.00. The number of primary amides is 1. The number of carbonyl (C=O) groups excluding carboxylic acids is 3. The summed E-state index contributed by atoms with van der Waals surface area (Å²) in [6.07, 6.45) is 9.45. The van der Waals surface area contributed by atoms with E-state index < -0.39 is 12.1 Å². The van der Waals surface area contributed by atoms with Crippen LogP contribution in [0.2, 0.25) is 0 Å². The lowest BCUT2D eigenvalue weighted by Crippen LogP contribution is -2.55. The number of hydrogen-bond donors (Lipinski definition) is 6. The highest BCUT2D eigenvalue weighted by molar-refractivity contribution is 5.90. The molecule has 0 bridgehead atoms. The second kappa shape index (κ2) is 13.2. The monoisotopic (exact) mass is 499 g/mol. The smallest absolute Gasteiger partial charge is 0.242 e. The number of nitrogens with two attached hydrogens (primary N) is 4. The van der Waals surface area contributed by atoms with E-state index in [1.807, 2.05) is 12.1 Å². The predicted octanol–water partition coefficient (Wildman–Crippen LogP) is 1.08. The average Bonchev–Trinajstić information content (AvgIpc) is 2.85. The van der Waals surface area contributed by atoms with Crippen molar-refractivity contribution in [3.63, 3.8) is 0 Å². The first-order valence-electron chi connectivity index (χ1n) is 13.1. The van der Waals surface area contributed by atoms with Crippen LogP contribution in [0, 0.1) is 11.8 Å². The molecule has 0 heterocycles. The van der Waals surface area contributed by atoms with Gasteiger partial charge >= 0.3 is 0 Å². The minimum Gasteiger partial charge on any atom is -0.370 e. The van der Waals surface area contributed by atoms with Gasteiger partial charge in [0, 0.05) is 12.0 Å². The molecule has 2 fully saturated rings. The van der Waals surface area contributed by atoms with Crippen LogP contribution in [0.3, 0.4) is 0 Å². The Morgan fingerprint density at radius 2 is 1.61 bits per heavy atom. The van der Waals surface area contributed by atoms with Crippen molar-refractivity contribution < 1.29 is 14.4 Å². The molecule has 0 aromatic heterocycles. The highest BCUT2D eigenvalue weighted by atomic mass is 16.2. The topological polar surface area (TPSA) is 192 Å². The molecule has 0 aliphatic heterocycles. The van der Waals surface area contributed by atoms with E-state index >= 15 is 0 Å².